The molecule has 0 saturated carbocycles. The molecule has 168 valence electrons. The Morgan fingerprint density at radius 2 is 1.59 bits per heavy atom. The fourth-order valence-electron chi connectivity index (χ4n) is 4.01. The number of anilines is 1. The third-order valence-electron chi connectivity index (χ3n) is 5.71. The van der Waals surface area contributed by atoms with Crippen molar-refractivity contribution in [2.45, 2.75) is 25.1 Å². The van der Waals surface area contributed by atoms with Crippen LogP contribution >= 0.6 is 0 Å². The number of alkyl halides is 3. The molecule has 2 heterocycles. The van der Waals surface area contributed by atoms with Crippen molar-refractivity contribution in [1.29, 1.82) is 0 Å². The van der Waals surface area contributed by atoms with Crippen molar-refractivity contribution >= 4 is 5.69 Å². The summed E-state index contributed by atoms with van der Waals surface area (Å²) in [5.41, 5.74) is 8.68. The molecule has 2 N–H and O–H groups in total. The average Bonchev–Trinajstić information content (AvgIpc) is 2.78. The molecule has 1 saturated heterocycles. The van der Waals surface area contributed by atoms with Gasteiger partial charge in [0.1, 0.15) is 11.6 Å². The molecule has 1 aromatic heterocycles. The van der Waals surface area contributed by atoms with Gasteiger partial charge < -0.3 is 15.4 Å². The van der Waals surface area contributed by atoms with E-state index in [0.29, 0.717) is 41.1 Å². The molecule has 0 aliphatic carbocycles. The van der Waals surface area contributed by atoms with E-state index in [0.717, 1.165) is 30.7 Å². The molecule has 0 atom stereocenters. The summed E-state index contributed by atoms with van der Waals surface area (Å²) in [4.78, 5) is 6.47. The second kappa shape index (κ2) is 8.78. The van der Waals surface area contributed by atoms with E-state index in [1.54, 1.807) is 18.5 Å². The van der Waals surface area contributed by atoms with Gasteiger partial charge in [0, 0.05) is 48.7 Å². The number of halogens is 4. The number of rotatable bonds is 4. The number of pyridine rings is 1. The Labute approximate surface area is 183 Å². The smallest absolute Gasteiger partial charge is 0.416 e. The predicted octanol–water partition coefficient (Wildman–Crippen LogP) is 5.51. The van der Waals surface area contributed by atoms with Gasteiger partial charge in [-0.2, -0.15) is 13.2 Å². The second-order valence-electron chi connectivity index (χ2n) is 7.86. The highest BCUT2D eigenvalue weighted by Crippen LogP contribution is 2.41. The maximum absolute atomic E-state index is 14.3. The maximum atomic E-state index is 14.3. The largest absolute Gasteiger partial charge is 0.497 e. The van der Waals surface area contributed by atoms with Gasteiger partial charge in [0.05, 0.1) is 18.4 Å². The van der Waals surface area contributed by atoms with E-state index in [1.165, 1.54) is 31.4 Å². The Balaban J connectivity index is 1.87. The number of hydrogen-bond acceptors (Lipinski definition) is 4. The van der Waals surface area contributed by atoms with Gasteiger partial charge in [0.15, 0.2) is 0 Å². The van der Waals surface area contributed by atoms with E-state index in [1.807, 2.05) is 0 Å². The number of benzene rings is 2. The highest BCUT2D eigenvalue weighted by molar-refractivity contribution is 5.90. The van der Waals surface area contributed by atoms with Crippen LogP contribution in [-0.4, -0.2) is 31.2 Å². The summed E-state index contributed by atoms with van der Waals surface area (Å²) in [7, 11) is 1.46. The van der Waals surface area contributed by atoms with Crippen LogP contribution in [0.25, 0.3) is 22.3 Å². The summed E-state index contributed by atoms with van der Waals surface area (Å²) in [5.74, 6) is -0.0857. The Morgan fingerprint density at radius 1 is 0.969 bits per heavy atom. The molecule has 8 heteroatoms. The topological polar surface area (TPSA) is 51.4 Å². The number of hydrogen-bond donors (Lipinski definition) is 1. The lowest BCUT2D eigenvalue weighted by atomic mass is 9.95. The van der Waals surface area contributed by atoms with E-state index in [9.17, 15) is 17.6 Å². The van der Waals surface area contributed by atoms with Crippen LogP contribution in [0.3, 0.4) is 0 Å². The van der Waals surface area contributed by atoms with Crippen LogP contribution in [-0.2, 0) is 6.18 Å². The molecule has 1 aliphatic heterocycles. The summed E-state index contributed by atoms with van der Waals surface area (Å²) in [6.45, 7) is 1.36. The molecule has 0 radical (unpaired) electrons. The molecule has 4 rings (SSSR count). The number of nitrogens with zero attached hydrogens (tertiary/aromatic N) is 2. The summed E-state index contributed by atoms with van der Waals surface area (Å²) < 4.78 is 58.6. The van der Waals surface area contributed by atoms with Gasteiger partial charge in [0.25, 0.3) is 0 Å². The Kier molecular flexibility index (Phi) is 6.06. The number of ether oxygens (including phenoxy) is 1. The quantitative estimate of drug-likeness (QED) is 0.538. The van der Waals surface area contributed by atoms with Crippen LogP contribution in [0.4, 0.5) is 23.2 Å². The molecule has 2 aromatic carbocycles. The first kappa shape index (κ1) is 22.1. The van der Waals surface area contributed by atoms with Crippen molar-refractivity contribution in [2.75, 3.05) is 25.1 Å². The highest BCUT2D eigenvalue weighted by atomic mass is 19.4. The monoisotopic (exact) mass is 445 g/mol. The third kappa shape index (κ3) is 4.55. The normalized spacial score (nSPS) is 15.1. The zero-order chi connectivity index (χ0) is 22.9. The summed E-state index contributed by atoms with van der Waals surface area (Å²) in [5, 5.41) is 0. The van der Waals surface area contributed by atoms with E-state index < -0.39 is 17.6 Å². The number of piperidine rings is 1. The molecular weight excluding hydrogens is 422 g/mol. The van der Waals surface area contributed by atoms with Crippen LogP contribution < -0.4 is 15.4 Å². The van der Waals surface area contributed by atoms with E-state index in [4.69, 9.17) is 10.5 Å². The van der Waals surface area contributed by atoms with Crippen molar-refractivity contribution in [3.63, 3.8) is 0 Å². The Hall–Kier alpha value is -3.13. The molecule has 0 amide bonds. The van der Waals surface area contributed by atoms with Gasteiger partial charge >= 0.3 is 6.18 Å². The van der Waals surface area contributed by atoms with Gasteiger partial charge in [0.2, 0.25) is 0 Å². The number of methoxy groups -OCH3 is 1. The first-order valence-electron chi connectivity index (χ1n) is 10.3. The van der Waals surface area contributed by atoms with Gasteiger partial charge in [-0.25, -0.2) is 4.39 Å². The molecule has 1 aliphatic rings. The molecule has 32 heavy (non-hydrogen) atoms. The van der Waals surface area contributed by atoms with Crippen molar-refractivity contribution in [3.05, 3.63) is 66.2 Å². The fraction of sp³-hybridized carbons (Fsp3) is 0.292. The van der Waals surface area contributed by atoms with E-state index >= 15 is 0 Å². The summed E-state index contributed by atoms with van der Waals surface area (Å²) in [6, 6.07) is 9.50. The van der Waals surface area contributed by atoms with Gasteiger partial charge in [-0.1, -0.05) is 12.1 Å². The summed E-state index contributed by atoms with van der Waals surface area (Å²) in [6.07, 6.45) is 0.419. The highest BCUT2D eigenvalue weighted by Gasteiger charge is 2.30. The standard InChI is InChI=1S/C24H23F4N3O/c1-32-20-11-16(10-18(25)12-20)22-14-30-13-21(23(22)31-8-6-19(29)7-9-31)15-2-4-17(5-3-15)24(26,27)28/h2-5,10-14,19H,6-9,29H2,1H3. The third-order valence-corrected chi connectivity index (χ3v) is 5.71. The van der Waals surface area contributed by atoms with Crippen molar-refractivity contribution in [3.8, 4) is 28.0 Å². The summed E-state index contributed by atoms with van der Waals surface area (Å²) >= 11 is 0. The van der Waals surface area contributed by atoms with Crippen LogP contribution in [0.15, 0.2) is 54.9 Å². The lowest BCUT2D eigenvalue weighted by Crippen LogP contribution is -2.40. The van der Waals surface area contributed by atoms with Crippen LogP contribution in [0.1, 0.15) is 18.4 Å². The van der Waals surface area contributed by atoms with Crippen molar-refractivity contribution in [1.82, 2.24) is 4.98 Å². The zero-order valence-electron chi connectivity index (χ0n) is 17.5. The second-order valence-corrected chi connectivity index (χ2v) is 7.86. The first-order chi connectivity index (χ1) is 15.3. The van der Waals surface area contributed by atoms with Gasteiger partial charge in [-0.15, -0.1) is 0 Å². The molecule has 1 fully saturated rings. The Morgan fingerprint density at radius 3 is 2.19 bits per heavy atom. The first-order valence-corrected chi connectivity index (χ1v) is 10.3. The average molecular weight is 445 g/mol. The SMILES string of the molecule is COc1cc(F)cc(-c2cncc(-c3ccc(C(F)(F)F)cc3)c2N2CCC(N)CC2)c1. The van der Waals surface area contributed by atoms with E-state index in [-0.39, 0.29) is 6.04 Å². The molecule has 0 spiro atoms. The minimum absolute atomic E-state index is 0.0975. The molecule has 4 nitrogen and oxygen atoms in total. The van der Waals surface area contributed by atoms with Crippen LogP contribution in [0.2, 0.25) is 0 Å². The van der Waals surface area contributed by atoms with Crippen molar-refractivity contribution in [2.24, 2.45) is 5.73 Å². The minimum Gasteiger partial charge on any atom is -0.497 e. The Bertz CT molecular complexity index is 1090. The van der Waals surface area contributed by atoms with Crippen LogP contribution in [0, 0.1) is 5.82 Å². The van der Waals surface area contributed by atoms with E-state index in [2.05, 4.69) is 9.88 Å². The fourth-order valence-corrected chi connectivity index (χ4v) is 4.01. The van der Waals surface area contributed by atoms with Gasteiger partial charge in [-0.3, -0.25) is 4.98 Å². The predicted molar refractivity (Wildman–Crippen MR) is 116 cm³/mol. The molecule has 3 aromatic rings. The van der Waals surface area contributed by atoms with Gasteiger partial charge in [-0.05, 0) is 48.2 Å². The lowest BCUT2D eigenvalue weighted by molar-refractivity contribution is -0.137. The molecular formula is C24H23F4N3O. The number of aromatic nitrogens is 1. The molecule has 0 bridgehead atoms. The molecule has 0 unspecified atom stereocenters. The van der Waals surface area contributed by atoms with Crippen molar-refractivity contribution < 1.29 is 22.3 Å². The lowest BCUT2D eigenvalue weighted by Gasteiger charge is -2.35. The minimum atomic E-state index is -4.41. The van der Waals surface area contributed by atoms with Crippen LogP contribution in [0.5, 0.6) is 5.75 Å². The number of nitrogens with two attached hydrogens (primary N) is 1. The zero-order valence-corrected chi connectivity index (χ0v) is 17.5. The maximum Gasteiger partial charge on any atom is 0.416 e.